The van der Waals surface area contributed by atoms with Crippen molar-refractivity contribution in [3.8, 4) is 0 Å². The van der Waals surface area contributed by atoms with Crippen molar-refractivity contribution >= 4 is 11.9 Å². The fourth-order valence-corrected chi connectivity index (χ4v) is 2.43. The molecular formula is C19H27N5O3. The van der Waals surface area contributed by atoms with Crippen molar-refractivity contribution in [2.24, 2.45) is 12.0 Å². The van der Waals surface area contributed by atoms with E-state index < -0.39 is 5.60 Å². The van der Waals surface area contributed by atoms with E-state index in [4.69, 9.17) is 4.74 Å². The van der Waals surface area contributed by atoms with Crippen LogP contribution in [-0.4, -0.2) is 47.0 Å². The van der Waals surface area contributed by atoms with Crippen molar-refractivity contribution in [3.05, 3.63) is 53.3 Å². The number of esters is 1. The third kappa shape index (κ3) is 5.82. The van der Waals surface area contributed by atoms with Gasteiger partial charge in [-0.3, -0.25) is 4.68 Å². The van der Waals surface area contributed by atoms with Gasteiger partial charge in [0.1, 0.15) is 5.60 Å². The van der Waals surface area contributed by atoms with Crippen molar-refractivity contribution in [3.63, 3.8) is 0 Å². The summed E-state index contributed by atoms with van der Waals surface area (Å²) in [5, 5.41) is 21.1. The van der Waals surface area contributed by atoms with Gasteiger partial charge in [0.05, 0.1) is 32.0 Å². The van der Waals surface area contributed by atoms with E-state index >= 15 is 0 Å². The number of nitrogens with zero attached hydrogens (tertiary/aromatic N) is 3. The largest absolute Gasteiger partial charge is 0.465 e. The topological polar surface area (TPSA) is 101 Å². The predicted molar refractivity (Wildman–Crippen MR) is 103 cm³/mol. The van der Waals surface area contributed by atoms with Crippen LogP contribution in [0.2, 0.25) is 0 Å². The molecule has 8 nitrogen and oxygen atoms in total. The normalized spacial score (nSPS) is 13.7. The van der Waals surface area contributed by atoms with Gasteiger partial charge in [-0.15, -0.1) is 0 Å². The van der Waals surface area contributed by atoms with Crippen LogP contribution in [-0.2, 0) is 23.9 Å². The number of hydrogen-bond acceptors (Lipinski definition) is 5. The first kappa shape index (κ1) is 20.4. The standard InChI is InChI=1S/C19H27N5O3/c1-5-20-18(22-13-19(2,26)16-11-23-24(3)12-16)21-10-14-6-8-15(9-7-14)17(25)27-4/h6-9,11-12,26H,5,10,13H2,1-4H3,(H2,20,21,22). The molecule has 1 aromatic heterocycles. The maximum absolute atomic E-state index is 11.5. The number of guanidine groups is 1. The highest BCUT2D eigenvalue weighted by Crippen LogP contribution is 2.18. The molecule has 2 rings (SSSR count). The molecule has 0 aliphatic heterocycles. The number of ether oxygens (including phenoxy) is 1. The number of benzene rings is 1. The van der Waals surface area contributed by atoms with E-state index in [9.17, 15) is 9.90 Å². The average molecular weight is 373 g/mol. The first-order valence-corrected chi connectivity index (χ1v) is 8.76. The minimum absolute atomic E-state index is 0.284. The molecular weight excluding hydrogens is 346 g/mol. The Morgan fingerprint density at radius 3 is 2.59 bits per heavy atom. The maximum Gasteiger partial charge on any atom is 0.337 e. The minimum atomic E-state index is -1.08. The quantitative estimate of drug-likeness (QED) is 0.383. The van der Waals surface area contributed by atoms with Gasteiger partial charge in [0.25, 0.3) is 0 Å². The molecule has 0 aliphatic carbocycles. The molecule has 2 aromatic rings. The molecule has 0 amide bonds. The molecule has 0 saturated carbocycles. The van der Waals surface area contributed by atoms with Gasteiger partial charge in [-0.25, -0.2) is 9.79 Å². The van der Waals surface area contributed by atoms with Crippen LogP contribution >= 0.6 is 0 Å². The van der Waals surface area contributed by atoms with Gasteiger partial charge in [-0.1, -0.05) is 12.1 Å². The summed E-state index contributed by atoms with van der Waals surface area (Å²) in [6, 6.07) is 7.10. The summed E-state index contributed by atoms with van der Waals surface area (Å²) in [5.41, 5.74) is 1.11. The van der Waals surface area contributed by atoms with Crippen molar-refractivity contribution in [1.29, 1.82) is 0 Å². The first-order chi connectivity index (χ1) is 12.9. The number of aliphatic imine (C=N–C) groups is 1. The molecule has 8 heteroatoms. The zero-order valence-electron chi connectivity index (χ0n) is 16.2. The lowest BCUT2D eigenvalue weighted by atomic mass is 10.00. The number of carbonyl (C=O) groups is 1. The van der Waals surface area contributed by atoms with Crippen LogP contribution < -0.4 is 10.6 Å². The maximum atomic E-state index is 11.5. The Bertz CT molecular complexity index is 781. The van der Waals surface area contributed by atoms with Gasteiger partial charge in [0.2, 0.25) is 0 Å². The average Bonchev–Trinajstić information content (AvgIpc) is 3.11. The van der Waals surface area contributed by atoms with Gasteiger partial charge in [0, 0.05) is 25.4 Å². The SMILES string of the molecule is CCNC(=NCc1ccc(C(=O)OC)cc1)NCC(C)(O)c1cnn(C)c1. The van der Waals surface area contributed by atoms with Crippen LogP contribution in [0, 0.1) is 0 Å². The summed E-state index contributed by atoms with van der Waals surface area (Å²) < 4.78 is 6.35. The highest BCUT2D eigenvalue weighted by molar-refractivity contribution is 5.89. The monoisotopic (exact) mass is 373 g/mol. The number of rotatable bonds is 7. The van der Waals surface area contributed by atoms with Crippen molar-refractivity contribution in [2.75, 3.05) is 20.2 Å². The lowest BCUT2D eigenvalue weighted by Gasteiger charge is -2.23. The fraction of sp³-hybridized carbons (Fsp3) is 0.421. The lowest BCUT2D eigenvalue weighted by Crippen LogP contribution is -2.44. The number of methoxy groups -OCH3 is 1. The predicted octanol–water partition coefficient (Wildman–Crippen LogP) is 1.17. The van der Waals surface area contributed by atoms with E-state index in [-0.39, 0.29) is 12.5 Å². The van der Waals surface area contributed by atoms with Gasteiger partial charge in [-0.05, 0) is 31.5 Å². The van der Waals surface area contributed by atoms with E-state index in [1.54, 1.807) is 36.1 Å². The molecule has 0 radical (unpaired) electrons. The Hall–Kier alpha value is -2.87. The van der Waals surface area contributed by atoms with Crippen LogP contribution in [0.3, 0.4) is 0 Å². The van der Waals surface area contributed by atoms with Crippen LogP contribution in [0.15, 0.2) is 41.7 Å². The smallest absolute Gasteiger partial charge is 0.337 e. The number of aromatic nitrogens is 2. The Labute approximate surface area is 159 Å². The van der Waals surface area contributed by atoms with Crippen LogP contribution in [0.1, 0.15) is 35.3 Å². The van der Waals surface area contributed by atoms with Crippen LogP contribution in [0.25, 0.3) is 0 Å². The lowest BCUT2D eigenvalue weighted by molar-refractivity contribution is 0.0599. The van der Waals surface area contributed by atoms with Crippen molar-refractivity contribution < 1.29 is 14.6 Å². The van der Waals surface area contributed by atoms with Gasteiger partial charge in [0.15, 0.2) is 5.96 Å². The van der Waals surface area contributed by atoms with E-state index in [1.807, 2.05) is 26.1 Å². The van der Waals surface area contributed by atoms with Crippen molar-refractivity contribution in [2.45, 2.75) is 26.0 Å². The molecule has 0 saturated heterocycles. The van der Waals surface area contributed by atoms with Gasteiger partial charge in [-0.2, -0.15) is 5.10 Å². The highest BCUT2D eigenvalue weighted by atomic mass is 16.5. The Morgan fingerprint density at radius 2 is 2.04 bits per heavy atom. The molecule has 0 bridgehead atoms. The third-order valence-electron chi connectivity index (χ3n) is 4.07. The second kappa shape index (κ2) is 9.18. The molecule has 1 aromatic carbocycles. The summed E-state index contributed by atoms with van der Waals surface area (Å²) in [4.78, 5) is 16.0. The van der Waals surface area contributed by atoms with E-state index in [1.165, 1.54) is 7.11 Å². The number of aliphatic hydroxyl groups is 1. The zero-order chi connectivity index (χ0) is 19.9. The number of aryl methyl sites for hydroxylation is 1. The van der Waals surface area contributed by atoms with Crippen molar-refractivity contribution in [1.82, 2.24) is 20.4 Å². The number of carbonyl (C=O) groups excluding carboxylic acids is 1. The zero-order valence-corrected chi connectivity index (χ0v) is 16.2. The Balaban J connectivity index is 2.00. The van der Waals surface area contributed by atoms with Crippen LogP contribution in [0.4, 0.5) is 0 Å². The van der Waals surface area contributed by atoms with Crippen LogP contribution in [0.5, 0.6) is 0 Å². The molecule has 146 valence electrons. The molecule has 3 N–H and O–H groups in total. The Kier molecular flexibility index (Phi) is 6.95. The summed E-state index contributed by atoms with van der Waals surface area (Å²) in [7, 11) is 3.17. The molecule has 0 aliphatic rings. The molecule has 1 atom stereocenters. The first-order valence-electron chi connectivity index (χ1n) is 8.76. The highest BCUT2D eigenvalue weighted by Gasteiger charge is 2.24. The summed E-state index contributed by atoms with van der Waals surface area (Å²) in [6.45, 7) is 5.12. The molecule has 0 spiro atoms. The second-order valence-electron chi connectivity index (χ2n) is 6.41. The minimum Gasteiger partial charge on any atom is -0.465 e. The van der Waals surface area contributed by atoms with E-state index in [2.05, 4.69) is 20.7 Å². The summed E-state index contributed by atoms with van der Waals surface area (Å²) in [6.07, 6.45) is 3.43. The summed E-state index contributed by atoms with van der Waals surface area (Å²) in [5.74, 6) is 0.233. The molecule has 1 heterocycles. The number of nitrogens with one attached hydrogen (secondary N) is 2. The molecule has 0 fully saturated rings. The van der Waals surface area contributed by atoms with Gasteiger partial charge < -0.3 is 20.5 Å². The Morgan fingerprint density at radius 1 is 1.33 bits per heavy atom. The van der Waals surface area contributed by atoms with Gasteiger partial charge >= 0.3 is 5.97 Å². The molecule has 1 unspecified atom stereocenters. The summed E-state index contributed by atoms with van der Waals surface area (Å²) >= 11 is 0. The number of hydrogen-bond donors (Lipinski definition) is 3. The third-order valence-corrected chi connectivity index (χ3v) is 4.07. The fourth-order valence-electron chi connectivity index (χ4n) is 2.43. The van der Waals surface area contributed by atoms with E-state index in [0.717, 1.165) is 11.1 Å². The van der Waals surface area contributed by atoms with E-state index in [0.29, 0.717) is 24.6 Å². The molecule has 27 heavy (non-hydrogen) atoms. The second-order valence-corrected chi connectivity index (χ2v) is 6.41.